The van der Waals surface area contributed by atoms with E-state index in [1.54, 1.807) is 0 Å². The number of nitrogens with one attached hydrogen (secondary N) is 2. The number of likely N-dealkylation sites (tertiary alicyclic amines) is 1. The highest BCUT2D eigenvalue weighted by molar-refractivity contribution is 5.92. The van der Waals surface area contributed by atoms with Gasteiger partial charge < -0.3 is 10.2 Å². The number of hydrogen-bond donors (Lipinski definition) is 2. The van der Waals surface area contributed by atoms with Gasteiger partial charge in [0, 0.05) is 25.2 Å². The number of hydrogen-bond acceptors (Lipinski definition) is 4. The predicted molar refractivity (Wildman–Crippen MR) is 68.0 cm³/mol. The number of carbonyl (C=O) groups excluding carboxylic acids is 2. The number of alkyl halides is 3. The van der Waals surface area contributed by atoms with Crippen LogP contribution in [0.25, 0.3) is 0 Å². The van der Waals surface area contributed by atoms with E-state index in [4.69, 9.17) is 0 Å². The van der Waals surface area contributed by atoms with Crippen molar-refractivity contribution in [3.63, 3.8) is 0 Å². The summed E-state index contributed by atoms with van der Waals surface area (Å²) < 4.78 is 36.4. The lowest BCUT2D eigenvalue weighted by molar-refractivity contribution is -0.174. The number of halogens is 3. The van der Waals surface area contributed by atoms with Crippen molar-refractivity contribution in [2.24, 2.45) is 0 Å². The first-order valence-electron chi connectivity index (χ1n) is 6.50. The minimum absolute atomic E-state index is 0.0531. The number of aromatic nitrogens is 2. The number of piperidine rings is 1. The minimum Gasteiger partial charge on any atom is -0.345 e. The molecule has 120 valence electrons. The summed E-state index contributed by atoms with van der Waals surface area (Å²) in [5, 5.41) is 7.64. The molecule has 1 aromatic rings. The number of rotatable bonds is 2. The van der Waals surface area contributed by atoms with Crippen LogP contribution < -0.4 is 10.9 Å². The molecule has 2 amide bonds. The highest BCUT2D eigenvalue weighted by atomic mass is 19.4. The van der Waals surface area contributed by atoms with Crippen LogP contribution >= 0.6 is 0 Å². The molecule has 1 aliphatic rings. The van der Waals surface area contributed by atoms with Crippen molar-refractivity contribution in [2.75, 3.05) is 13.1 Å². The summed E-state index contributed by atoms with van der Waals surface area (Å²) in [6, 6.07) is 1.82. The van der Waals surface area contributed by atoms with Crippen LogP contribution in [0.3, 0.4) is 0 Å². The Kier molecular flexibility index (Phi) is 4.48. The van der Waals surface area contributed by atoms with E-state index in [1.165, 1.54) is 11.0 Å². The second-order valence-electron chi connectivity index (χ2n) is 4.84. The molecular formula is C12H13F3N4O3. The third kappa shape index (κ3) is 3.83. The lowest BCUT2D eigenvalue weighted by Crippen LogP contribution is -2.49. The number of H-pyrrole nitrogens is 1. The summed E-state index contributed by atoms with van der Waals surface area (Å²) in [7, 11) is 0. The zero-order valence-electron chi connectivity index (χ0n) is 11.3. The molecule has 2 rings (SSSR count). The Morgan fingerprint density at radius 1 is 1.27 bits per heavy atom. The van der Waals surface area contributed by atoms with Gasteiger partial charge in [-0.15, -0.1) is 0 Å². The van der Waals surface area contributed by atoms with Gasteiger partial charge in [0.25, 0.3) is 11.5 Å². The third-order valence-electron chi connectivity index (χ3n) is 3.27. The van der Waals surface area contributed by atoms with Crippen LogP contribution in [0.15, 0.2) is 16.9 Å². The molecule has 7 nitrogen and oxygen atoms in total. The maximum atomic E-state index is 12.1. The Labute approximate surface area is 122 Å². The molecule has 0 spiro atoms. The van der Waals surface area contributed by atoms with Crippen molar-refractivity contribution >= 4 is 11.8 Å². The van der Waals surface area contributed by atoms with Crippen molar-refractivity contribution < 1.29 is 22.8 Å². The van der Waals surface area contributed by atoms with Crippen LogP contribution in [-0.2, 0) is 4.79 Å². The summed E-state index contributed by atoms with van der Waals surface area (Å²) in [5.74, 6) is -2.39. The number of aromatic amines is 1. The summed E-state index contributed by atoms with van der Waals surface area (Å²) in [6.07, 6.45) is -4.47. The minimum atomic E-state index is -4.91. The summed E-state index contributed by atoms with van der Waals surface area (Å²) in [5.41, 5.74) is -0.387. The first-order valence-corrected chi connectivity index (χ1v) is 6.50. The summed E-state index contributed by atoms with van der Waals surface area (Å²) in [6.45, 7) is 0.394. The van der Waals surface area contributed by atoms with Crippen molar-refractivity contribution in [1.29, 1.82) is 0 Å². The van der Waals surface area contributed by atoms with Gasteiger partial charge in [0.05, 0.1) is 0 Å². The molecule has 0 radical (unpaired) electrons. The maximum Gasteiger partial charge on any atom is 0.471 e. The van der Waals surface area contributed by atoms with E-state index in [9.17, 15) is 27.6 Å². The molecule has 0 unspecified atom stereocenters. The first-order chi connectivity index (χ1) is 10.3. The van der Waals surface area contributed by atoms with Crippen LogP contribution in [-0.4, -0.2) is 52.2 Å². The van der Waals surface area contributed by atoms with Gasteiger partial charge in [-0.25, -0.2) is 5.10 Å². The van der Waals surface area contributed by atoms with E-state index in [-0.39, 0.29) is 31.6 Å². The van der Waals surface area contributed by atoms with E-state index in [0.717, 1.165) is 6.07 Å². The Hall–Kier alpha value is -2.39. The van der Waals surface area contributed by atoms with E-state index >= 15 is 0 Å². The molecule has 10 heteroatoms. The van der Waals surface area contributed by atoms with Gasteiger partial charge in [0.1, 0.15) is 5.69 Å². The van der Waals surface area contributed by atoms with Crippen molar-refractivity contribution in [1.82, 2.24) is 20.4 Å². The fourth-order valence-corrected chi connectivity index (χ4v) is 2.12. The summed E-state index contributed by atoms with van der Waals surface area (Å²) in [4.78, 5) is 35.2. The third-order valence-corrected chi connectivity index (χ3v) is 3.27. The summed E-state index contributed by atoms with van der Waals surface area (Å²) >= 11 is 0. The van der Waals surface area contributed by atoms with Gasteiger partial charge >= 0.3 is 12.1 Å². The molecule has 1 aromatic heterocycles. The van der Waals surface area contributed by atoms with Crippen molar-refractivity contribution in [2.45, 2.75) is 25.1 Å². The maximum absolute atomic E-state index is 12.1. The molecular weight excluding hydrogens is 305 g/mol. The van der Waals surface area contributed by atoms with Gasteiger partial charge in [-0.05, 0) is 18.9 Å². The van der Waals surface area contributed by atoms with Crippen LogP contribution in [0.2, 0.25) is 0 Å². The zero-order chi connectivity index (χ0) is 16.3. The Morgan fingerprint density at radius 2 is 1.91 bits per heavy atom. The molecule has 2 heterocycles. The van der Waals surface area contributed by atoms with E-state index in [1.807, 2.05) is 5.32 Å². The fourth-order valence-electron chi connectivity index (χ4n) is 2.12. The van der Waals surface area contributed by atoms with Gasteiger partial charge in [-0.2, -0.15) is 18.3 Å². The second kappa shape index (κ2) is 6.16. The first kappa shape index (κ1) is 16.0. The average Bonchev–Trinajstić information content (AvgIpc) is 2.47. The molecule has 2 N–H and O–H groups in total. The lowest BCUT2D eigenvalue weighted by Gasteiger charge is -2.32. The molecule has 0 aromatic carbocycles. The molecule has 1 aliphatic heterocycles. The molecule has 0 saturated carbocycles. The highest BCUT2D eigenvalue weighted by Crippen LogP contribution is 2.17. The molecule has 22 heavy (non-hydrogen) atoms. The monoisotopic (exact) mass is 318 g/mol. The Bertz CT molecular complexity index is 600. The quantitative estimate of drug-likeness (QED) is 0.806. The van der Waals surface area contributed by atoms with Gasteiger partial charge in [0.15, 0.2) is 0 Å². The van der Waals surface area contributed by atoms with E-state index in [0.29, 0.717) is 0 Å². The second-order valence-corrected chi connectivity index (χ2v) is 4.84. The van der Waals surface area contributed by atoms with Crippen LogP contribution in [0.5, 0.6) is 0 Å². The SMILES string of the molecule is O=C(c1ccc(=O)[nH]n1)N1CCC(NC(=O)C(F)(F)F)CC1. The van der Waals surface area contributed by atoms with E-state index < -0.39 is 29.6 Å². The normalized spacial score (nSPS) is 16.4. The van der Waals surface area contributed by atoms with Gasteiger partial charge in [0.2, 0.25) is 0 Å². The molecule has 0 bridgehead atoms. The van der Waals surface area contributed by atoms with E-state index in [2.05, 4.69) is 10.2 Å². The fraction of sp³-hybridized carbons (Fsp3) is 0.500. The van der Waals surface area contributed by atoms with Crippen LogP contribution in [0.4, 0.5) is 13.2 Å². The Morgan fingerprint density at radius 3 is 2.41 bits per heavy atom. The smallest absolute Gasteiger partial charge is 0.345 e. The van der Waals surface area contributed by atoms with Crippen molar-refractivity contribution in [3.05, 3.63) is 28.2 Å². The molecule has 0 atom stereocenters. The number of carbonyl (C=O) groups is 2. The van der Waals surface area contributed by atoms with Crippen LogP contribution in [0.1, 0.15) is 23.3 Å². The number of nitrogens with zero attached hydrogens (tertiary/aromatic N) is 2. The molecule has 1 saturated heterocycles. The highest BCUT2D eigenvalue weighted by Gasteiger charge is 2.40. The van der Waals surface area contributed by atoms with Crippen molar-refractivity contribution in [3.8, 4) is 0 Å². The molecule has 1 fully saturated rings. The van der Waals surface area contributed by atoms with Gasteiger partial charge in [-0.1, -0.05) is 0 Å². The largest absolute Gasteiger partial charge is 0.471 e. The average molecular weight is 318 g/mol. The standard InChI is InChI=1S/C12H13F3N4O3/c13-12(14,15)11(22)16-7-3-5-19(6-4-7)10(21)8-1-2-9(20)18-17-8/h1-2,7H,3-6H2,(H,16,22)(H,18,20). The number of amides is 2. The predicted octanol–water partition coefficient (Wildman–Crippen LogP) is 0.0530. The topological polar surface area (TPSA) is 95.2 Å². The lowest BCUT2D eigenvalue weighted by atomic mass is 10.0. The van der Waals surface area contributed by atoms with Gasteiger partial charge in [-0.3, -0.25) is 14.4 Å². The zero-order valence-corrected chi connectivity index (χ0v) is 11.3. The molecule has 0 aliphatic carbocycles. The Balaban J connectivity index is 1.89. The van der Waals surface area contributed by atoms with Crippen LogP contribution in [0, 0.1) is 0 Å².